The summed E-state index contributed by atoms with van der Waals surface area (Å²) in [5, 5.41) is 9.01. The molecule has 34 heavy (non-hydrogen) atoms. The zero-order valence-electron chi connectivity index (χ0n) is 18.3. The van der Waals surface area contributed by atoms with Crippen molar-refractivity contribution in [3.63, 3.8) is 0 Å². The number of amides is 2. The average molecular weight is 527 g/mol. The van der Waals surface area contributed by atoms with Gasteiger partial charge in [-0.15, -0.1) is 0 Å². The highest BCUT2D eigenvalue weighted by Crippen LogP contribution is 2.21. The largest absolute Gasteiger partial charge is 0.382 e. The number of aromatic nitrogens is 2. The number of halogens is 2. The van der Waals surface area contributed by atoms with Crippen molar-refractivity contribution in [2.24, 2.45) is 0 Å². The number of nitrogens with two attached hydrogens (primary N) is 1. The van der Waals surface area contributed by atoms with Crippen LogP contribution in [0.3, 0.4) is 0 Å². The zero-order chi connectivity index (χ0) is 24.1. The molecule has 176 valence electrons. The lowest BCUT2D eigenvalue weighted by Gasteiger charge is -2.23. The molecule has 5 N–H and O–H groups in total. The smallest absolute Gasteiger partial charge is 0.274 e. The van der Waals surface area contributed by atoms with Gasteiger partial charge in [0.05, 0.1) is 16.4 Å². The van der Waals surface area contributed by atoms with Crippen LogP contribution in [-0.4, -0.2) is 40.9 Å². The maximum absolute atomic E-state index is 13.4. The number of anilines is 1. The summed E-state index contributed by atoms with van der Waals surface area (Å²) >= 11 is 3.14. The fourth-order valence-electron chi connectivity index (χ4n) is 3.69. The highest BCUT2D eigenvalue weighted by atomic mass is 79.9. The zero-order valence-corrected chi connectivity index (χ0v) is 19.9. The van der Waals surface area contributed by atoms with Gasteiger partial charge in [0.1, 0.15) is 5.82 Å². The first-order valence-electron chi connectivity index (χ1n) is 10.9. The van der Waals surface area contributed by atoms with Crippen LogP contribution in [0, 0.1) is 5.82 Å². The fourth-order valence-corrected chi connectivity index (χ4v) is 4.11. The third-order valence-corrected chi connectivity index (χ3v) is 6.11. The minimum absolute atomic E-state index is 0.0138. The summed E-state index contributed by atoms with van der Waals surface area (Å²) in [5.41, 5.74) is 8.20. The SMILES string of the molecule is Nc1ncc(-c2cccc(C(=O)NCc3ccc(F)c(Br)c3)c2)nc1C(=O)NC1CCCNC1. The van der Waals surface area contributed by atoms with Gasteiger partial charge >= 0.3 is 0 Å². The summed E-state index contributed by atoms with van der Waals surface area (Å²) < 4.78 is 13.7. The van der Waals surface area contributed by atoms with Crippen molar-refractivity contribution < 1.29 is 14.0 Å². The molecule has 4 rings (SSSR count). The first-order valence-corrected chi connectivity index (χ1v) is 11.7. The van der Waals surface area contributed by atoms with E-state index in [1.165, 1.54) is 12.3 Å². The summed E-state index contributed by atoms with van der Waals surface area (Å²) in [6.45, 7) is 1.88. The number of piperidine rings is 1. The Bertz CT molecular complexity index is 1220. The molecule has 1 aromatic heterocycles. The molecule has 2 amide bonds. The number of nitrogens with zero attached hydrogens (tertiary/aromatic N) is 2. The normalized spacial score (nSPS) is 15.5. The summed E-state index contributed by atoms with van der Waals surface area (Å²) in [7, 11) is 0. The molecule has 2 heterocycles. The number of nitrogen functional groups attached to an aromatic ring is 1. The predicted molar refractivity (Wildman–Crippen MR) is 131 cm³/mol. The summed E-state index contributed by atoms with van der Waals surface area (Å²) in [6, 6.07) is 11.4. The first-order chi connectivity index (χ1) is 16.4. The molecular weight excluding hydrogens is 503 g/mol. The van der Waals surface area contributed by atoms with Crippen LogP contribution >= 0.6 is 15.9 Å². The van der Waals surface area contributed by atoms with Crippen molar-refractivity contribution in [1.82, 2.24) is 25.9 Å². The molecule has 0 spiro atoms. The van der Waals surface area contributed by atoms with Crippen LogP contribution in [0.5, 0.6) is 0 Å². The third kappa shape index (κ3) is 5.75. The Balaban J connectivity index is 1.48. The number of benzene rings is 2. The van der Waals surface area contributed by atoms with Crippen molar-refractivity contribution in [2.45, 2.75) is 25.4 Å². The standard InChI is InChI=1S/C24H24BrFN6O2/c25-18-9-14(6-7-19(18)26)11-30-23(33)16-4-1-3-15(10-16)20-13-29-22(27)21(32-20)24(34)31-17-5-2-8-28-12-17/h1,3-4,6-7,9-10,13,17,28H,2,5,8,11-12H2,(H2,27,29)(H,30,33)(H,31,34). The molecule has 1 atom stereocenters. The molecule has 10 heteroatoms. The highest BCUT2D eigenvalue weighted by molar-refractivity contribution is 9.10. The van der Waals surface area contributed by atoms with Gasteiger partial charge in [0.25, 0.3) is 11.8 Å². The van der Waals surface area contributed by atoms with Gasteiger partial charge in [0.15, 0.2) is 11.5 Å². The molecule has 1 unspecified atom stereocenters. The molecule has 0 saturated carbocycles. The van der Waals surface area contributed by atoms with Crippen LogP contribution in [0.2, 0.25) is 0 Å². The van der Waals surface area contributed by atoms with E-state index in [-0.39, 0.29) is 41.7 Å². The van der Waals surface area contributed by atoms with Crippen LogP contribution in [0.4, 0.5) is 10.2 Å². The van der Waals surface area contributed by atoms with E-state index < -0.39 is 0 Å². The van der Waals surface area contributed by atoms with Gasteiger partial charge in [-0.05, 0) is 65.1 Å². The fraction of sp³-hybridized carbons (Fsp3) is 0.250. The second-order valence-electron chi connectivity index (χ2n) is 8.02. The Hall–Kier alpha value is -3.37. The Labute approximate surface area is 204 Å². The number of hydrogen-bond acceptors (Lipinski definition) is 6. The maximum atomic E-state index is 13.4. The number of carbonyl (C=O) groups is 2. The van der Waals surface area contributed by atoms with E-state index in [4.69, 9.17) is 5.73 Å². The van der Waals surface area contributed by atoms with Crippen molar-refractivity contribution in [3.8, 4) is 11.3 Å². The molecule has 0 aliphatic carbocycles. The van der Waals surface area contributed by atoms with Gasteiger partial charge < -0.3 is 21.7 Å². The van der Waals surface area contributed by atoms with Crippen LogP contribution in [0.25, 0.3) is 11.3 Å². The van der Waals surface area contributed by atoms with Gasteiger partial charge in [-0.2, -0.15) is 0 Å². The molecule has 0 bridgehead atoms. The van der Waals surface area contributed by atoms with Crippen molar-refractivity contribution in [3.05, 3.63) is 75.8 Å². The Morgan fingerprint density at radius 2 is 2.06 bits per heavy atom. The van der Waals surface area contributed by atoms with E-state index in [0.29, 0.717) is 27.8 Å². The summed E-state index contributed by atoms with van der Waals surface area (Å²) in [6.07, 6.45) is 3.35. The van der Waals surface area contributed by atoms with Gasteiger partial charge in [0.2, 0.25) is 0 Å². The second-order valence-corrected chi connectivity index (χ2v) is 8.87. The van der Waals surface area contributed by atoms with E-state index in [0.717, 1.165) is 24.9 Å². The predicted octanol–water partition coefficient (Wildman–Crippen LogP) is 3.04. The molecule has 0 radical (unpaired) electrons. The van der Waals surface area contributed by atoms with Gasteiger partial charge in [-0.25, -0.2) is 14.4 Å². The van der Waals surface area contributed by atoms with Gasteiger partial charge in [-0.1, -0.05) is 18.2 Å². The lowest BCUT2D eigenvalue weighted by molar-refractivity contribution is 0.0923. The van der Waals surface area contributed by atoms with E-state index in [1.54, 1.807) is 36.4 Å². The van der Waals surface area contributed by atoms with E-state index in [2.05, 4.69) is 41.8 Å². The van der Waals surface area contributed by atoms with Crippen LogP contribution in [0.1, 0.15) is 39.3 Å². The molecule has 3 aromatic rings. The molecule has 1 aliphatic heterocycles. The van der Waals surface area contributed by atoms with Crippen LogP contribution < -0.4 is 21.7 Å². The Morgan fingerprint density at radius 3 is 2.82 bits per heavy atom. The minimum Gasteiger partial charge on any atom is -0.382 e. The Morgan fingerprint density at radius 1 is 1.21 bits per heavy atom. The van der Waals surface area contributed by atoms with Crippen molar-refractivity contribution >= 4 is 33.6 Å². The minimum atomic E-state index is -0.375. The average Bonchev–Trinajstić information content (AvgIpc) is 2.85. The van der Waals surface area contributed by atoms with E-state index in [9.17, 15) is 14.0 Å². The Kier molecular flexibility index (Phi) is 7.49. The van der Waals surface area contributed by atoms with Crippen molar-refractivity contribution in [2.75, 3.05) is 18.8 Å². The number of hydrogen-bond donors (Lipinski definition) is 4. The summed E-state index contributed by atoms with van der Waals surface area (Å²) in [5.74, 6) is -0.992. The maximum Gasteiger partial charge on any atom is 0.274 e. The molecule has 1 aliphatic rings. The molecular formula is C24H24BrFN6O2. The van der Waals surface area contributed by atoms with Gasteiger partial charge in [-0.3, -0.25) is 9.59 Å². The quantitative estimate of drug-likeness (QED) is 0.391. The molecule has 8 nitrogen and oxygen atoms in total. The number of nitrogens with one attached hydrogen (secondary N) is 3. The van der Waals surface area contributed by atoms with E-state index in [1.807, 2.05) is 0 Å². The topological polar surface area (TPSA) is 122 Å². The lowest BCUT2D eigenvalue weighted by Crippen LogP contribution is -2.46. The first kappa shape index (κ1) is 23.8. The van der Waals surface area contributed by atoms with Crippen LogP contribution in [-0.2, 0) is 6.54 Å². The van der Waals surface area contributed by atoms with Crippen LogP contribution in [0.15, 0.2) is 53.1 Å². The second kappa shape index (κ2) is 10.7. The molecule has 2 aromatic carbocycles. The van der Waals surface area contributed by atoms with E-state index >= 15 is 0 Å². The number of rotatable bonds is 6. The number of carbonyl (C=O) groups excluding carboxylic acids is 2. The monoisotopic (exact) mass is 526 g/mol. The highest BCUT2D eigenvalue weighted by Gasteiger charge is 2.20. The molecule has 1 saturated heterocycles. The molecule has 1 fully saturated rings. The lowest BCUT2D eigenvalue weighted by atomic mass is 10.1. The third-order valence-electron chi connectivity index (χ3n) is 5.51. The van der Waals surface area contributed by atoms with Gasteiger partial charge in [0, 0.05) is 30.3 Å². The van der Waals surface area contributed by atoms with Crippen molar-refractivity contribution in [1.29, 1.82) is 0 Å². The summed E-state index contributed by atoms with van der Waals surface area (Å²) in [4.78, 5) is 34.0.